The van der Waals surface area contributed by atoms with Gasteiger partial charge in [0.2, 0.25) is 0 Å². The quantitative estimate of drug-likeness (QED) is 0.745. The molecular weight excluding hydrogens is 326 g/mol. The molecule has 4 N–H and O–H groups in total. The lowest BCUT2D eigenvalue weighted by Gasteiger charge is -2.20. The monoisotopic (exact) mass is 345 g/mol. The van der Waals surface area contributed by atoms with Crippen LogP contribution in [0.1, 0.15) is 28.9 Å². The summed E-state index contributed by atoms with van der Waals surface area (Å²) in [6.07, 6.45) is 3.48. The minimum absolute atomic E-state index is 0.0437. The third-order valence-corrected chi connectivity index (χ3v) is 6.86. The molecule has 0 saturated carbocycles. The first kappa shape index (κ1) is 15.1. The SMILES string of the molecule is Nc1ccccc1Sc1ccc(C(=O)N[C@@H]2C[C@H]3CC[C@@H]2N3)s1. The summed E-state index contributed by atoms with van der Waals surface area (Å²) in [5.41, 5.74) is 6.74. The van der Waals surface area contributed by atoms with Crippen LogP contribution in [-0.4, -0.2) is 24.0 Å². The summed E-state index contributed by atoms with van der Waals surface area (Å²) in [7, 11) is 0. The fourth-order valence-electron chi connectivity index (χ4n) is 3.40. The maximum Gasteiger partial charge on any atom is 0.261 e. The Balaban J connectivity index is 1.41. The van der Waals surface area contributed by atoms with Gasteiger partial charge in [0.1, 0.15) is 0 Å². The van der Waals surface area contributed by atoms with E-state index in [9.17, 15) is 4.79 Å². The molecule has 4 rings (SSSR count). The Hall–Kier alpha value is -1.50. The highest BCUT2D eigenvalue weighted by molar-refractivity contribution is 8.01. The van der Waals surface area contributed by atoms with Gasteiger partial charge in [-0.3, -0.25) is 4.79 Å². The van der Waals surface area contributed by atoms with Crippen LogP contribution >= 0.6 is 23.1 Å². The zero-order valence-electron chi connectivity index (χ0n) is 12.6. The molecule has 0 spiro atoms. The molecule has 2 fully saturated rings. The number of benzene rings is 1. The maximum absolute atomic E-state index is 12.4. The van der Waals surface area contributed by atoms with Crippen molar-refractivity contribution in [1.29, 1.82) is 0 Å². The van der Waals surface area contributed by atoms with Gasteiger partial charge in [-0.15, -0.1) is 11.3 Å². The van der Waals surface area contributed by atoms with Crippen LogP contribution in [-0.2, 0) is 0 Å². The number of nitrogens with one attached hydrogen (secondary N) is 2. The first-order chi connectivity index (χ1) is 11.2. The summed E-state index contributed by atoms with van der Waals surface area (Å²) in [4.78, 5) is 14.2. The molecule has 0 radical (unpaired) electrons. The number of anilines is 1. The van der Waals surface area contributed by atoms with Crippen molar-refractivity contribution < 1.29 is 4.79 Å². The largest absolute Gasteiger partial charge is 0.398 e. The smallest absolute Gasteiger partial charge is 0.261 e. The van der Waals surface area contributed by atoms with Gasteiger partial charge in [0.05, 0.1) is 9.09 Å². The molecule has 2 bridgehead atoms. The van der Waals surface area contributed by atoms with Crippen LogP contribution in [0.5, 0.6) is 0 Å². The number of hydrogen-bond acceptors (Lipinski definition) is 5. The van der Waals surface area contributed by atoms with Crippen molar-refractivity contribution >= 4 is 34.7 Å². The van der Waals surface area contributed by atoms with Gasteiger partial charge in [0, 0.05) is 28.7 Å². The first-order valence-electron chi connectivity index (χ1n) is 7.88. The summed E-state index contributed by atoms with van der Waals surface area (Å²) in [5.74, 6) is 0.0437. The van der Waals surface area contributed by atoms with E-state index in [0.717, 1.165) is 26.1 Å². The number of nitrogen functional groups attached to an aromatic ring is 1. The van der Waals surface area contributed by atoms with E-state index in [1.54, 1.807) is 11.8 Å². The highest BCUT2D eigenvalue weighted by atomic mass is 32.2. The average molecular weight is 345 g/mol. The topological polar surface area (TPSA) is 67.2 Å². The standard InChI is InChI=1S/C17H19N3OS2/c18-11-3-1-2-4-14(11)22-16-8-7-15(23-16)17(21)20-13-9-10-5-6-12(13)19-10/h1-4,7-8,10,12-13,19H,5-6,9,18H2,(H,20,21)/t10-,12+,13-/m1/s1. The number of nitrogens with two attached hydrogens (primary N) is 1. The zero-order valence-corrected chi connectivity index (χ0v) is 14.3. The predicted molar refractivity (Wildman–Crippen MR) is 95.1 cm³/mol. The van der Waals surface area contributed by atoms with E-state index in [1.807, 2.05) is 36.4 Å². The summed E-state index contributed by atoms with van der Waals surface area (Å²) in [6, 6.07) is 13.0. The van der Waals surface area contributed by atoms with E-state index in [-0.39, 0.29) is 11.9 Å². The molecule has 1 aromatic carbocycles. The summed E-state index contributed by atoms with van der Waals surface area (Å²) >= 11 is 3.13. The van der Waals surface area contributed by atoms with Crippen molar-refractivity contribution in [2.45, 2.75) is 46.5 Å². The van der Waals surface area contributed by atoms with Crippen LogP contribution < -0.4 is 16.4 Å². The molecule has 2 aliphatic rings. The molecule has 2 aromatic rings. The van der Waals surface area contributed by atoms with Gasteiger partial charge >= 0.3 is 0 Å². The summed E-state index contributed by atoms with van der Waals surface area (Å²) < 4.78 is 1.08. The molecule has 1 amide bonds. The average Bonchev–Trinajstić information content (AvgIpc) is 3.26. The van der Waals surface area contributed by atoms with Crippen LogP contribution in [0, 0.1) is 0 Å². The molecule has 2 saturated heterocycles. The van der Waals surface area contributed by atoms with Crippen LogP contribution in [0.2, 0.25) is 0 Å². The fourth-order valence-corrected chi connectivity index (χ4v) is 5.43. The van der Waals surface area contributed by atoms with Crippen LogP contribution in [0.3, 0.4) is 0 Å². The van der Waals surface area contributed by atoms with Gasteiger partial charge in [-0.1, -0.05) is 23.9 Å². The number of thiophene rings is 1. The Morgan fingerprint density at radius 3 is 2.87 bits per heavy atom. The van der Waals surface area contributed by atoms with Crippen molar-refractivity contribution in [2.24, 2.45) is 0 Å². The number of amides is 1. The summed E-state index contributed by atoms with van der Waals surface area (Å²) in [5, 5.41) is 6.74. The Morgan fingerprint density at radius 2 is 2.13 bits per heavy atom. The molecule has 2 aliphatic heterocycles. The van der Waals surface area contributed by atoms with E-state index in [4.69, 9.17) is 5.73 Å². The normalized spacial score (nSPS) is 25.7. The first-order valence-corrected chi connectivity index (χ1v) is 9.51. The van der Waals surface area contributed by atoms with Gasteiger partial charge in [-0.25, -0.2) is 0 Å². The lowest BCUT2D eigenvalue weighted by molar-refractivity contribution is 0.0935. The lowest BCUT2D eigenvalue weighted by Crippen LogP contribution is -2.42. The number of para-hydroxylation sites is 1. The highest BCUT2D eigenvalue weighted by Crippen LogP contribution is 2.36. The number of rotatable bonds is 4. The van der Waals surface area contributed by atoms with E-state index in [0.29, 0.717) is 12.1 Å². The van der Waals surface area contributed by atoms with Gasteiger partial charge in [0.25, 0.3) is 5.91 Å². The number of fused-ring (bicyclic) bond motifs is 2. The number of carbonyl (C=O) groups is 1. The molecule has 0 unspecified atom stereocenters. The van der Waals surface area contributed by atoms with Crippen molar-refractivity contribution in [1.82, 2.24) is 10.6 Å². The van der Waals surface area contributed by atoms with Crippen LogP contribution in [0.15, 0.2) is 45.5 Å². The van der Waals surface area contributed by atoms with E-state index >= 15 is 0 Å². The van der Waals surface area contributed by atoms with Gasteiger partial charge in [-0.05, 0) is 43.5 Å². The van der Waals surface area contributed by atoms with Gasteiger partial charge < -0.3 is 16.4 Å². The van der Waals surface area contributed by atoms with Crippen molar-refractivity contribution in [3.63, 3.8) is 0 Å². The third kappa shape index (κ3) is 3.11. The maximum atomic E-state index is 12.4. The fraction of sp³-hybridized carbons (Fsp3) is 0.353. The Kier molecular flexibility index (Phi) is 4.05. The molecule has 120 valence electrons. The van der Waals surface area contributed by atoms with E-state index in [2.05, 4.69) is 10.6 Å². The summed E-state index contributed by atoms with van der Waals surface area (Å²) in [6.45, 7) is 0. The molecule has 3 atom stereocenters. The molecular formula is C17H19N3OS2. The van der Waals surface area contributed by atoms with Crippen molar-refractivity contribution in [3.8, 4) is 0 Å². The Labute approximate surface area is 143 Å². The minimum atomic E-state index is 0.0437. The molecule has 23 heavy (non-hydrogen) atoms. The third-order valence-electron chi connectivity index (χ3n) is 4.55. The van der Waals surface area contributed by atoms with E-state index < -0.39 is 0 Å². The second-order valence-corrected chi connectivity index (χ2v) is 8.55. The second kappa shape index (κ2) is 6.19. The minimum Gasteiger partial charge on any atom is -0.398 e. The molecule has 6 heteroatoms. The molecule has 1 aromatic heterocycles. The predicted octanol–water partition coefficient (Wildman–Crippen LogP) is 3.10. The van der Waals surface area contributed by atoms with Gasteiger partial charge in [-0.2, -0.15) is 0 Å². The highest BCUT2D eigenvalue weighted by Gasteiger charge is 2.39. The molecule has 0 aliphatic carbocycles. The Bertz CT molecular complexity index is 730. The molecule has 3 heterocycles. The second-order valence-electron chi connectivity index (χ2n) is 6.12. The zero-order chi connectivity index (χ0) is 15.8. The number of carbonyl (C=O) groups excluding carboxylic acids is 1. The van der Waals surface area contributed by atoms with E-state index in [1.165, 1.54) is 24.2 Å². The number of hydrogen-bond donors (Lipinski definition) is 3. The Morgan fingerprint density at radius 1 is 1.26 bits per heavy atom. The molecule has 4 nitrogen and oxygen atoms in total. The van der Waals surface area contributed by atoms with Gasteiger partial charge in [0.15, 0.2) is 0 Å². The van der Waals surface area contributed by atoms with Crippen molar-refractivity contribution in [3.05, 3.63) is 41.3 Å². The lowest BCUT2D eigenvalue weighted by atomic mass is 9.95. The van der Waals surface area contributed by atoms with Crippen molar-refractivity contribution in [2.75, 3.05) is 5.73 Å². The van der Waals surface area contributed by atoms with Crippen LogP contribution in [0.25, 0.3) is 0 Å². The van der Waals surface area contributed by atoms with Crippen LogP contribution in [0.4, 0.5) is 5.69 Å².